The number of hydrogen-bond acceptors (Lipinski definition) is 7. The third-order valence-electron chi connectivity index (χ3n) is 3.69. The van der Waals surface area contributed by atoms with Gasteiger partial charge in [0.05, 0.1) is 24.3 Å². The fraction of sp³-hybridized carbons (Fsp3) is 0.222. The summed E-state index contributed by atoms with van der Waals surface area (Å²) in [7, 11) is 0. The monoisotopic (exact) mass is 407 g/mol. The van der Waals surface area contributed by atoms with Gasteiger partial charge in [-0.2, -0.15) is 4.37 Å². The summed E-state index contributed by atoms with van der Waals surface area (Å²) < 4.78 is 40.7. The lowest BCUT2D eigenvalue weighted by molar-refractivity contribution is 0.0519. The van der Waals surface area contributed by atoms with E-state index in [9.17, 15) is 18.4 Å². The zero-order valence-electron chi connectivity index (χ0n) is 14.9. The number of esters is 1. The van der Waals surface area contributed by atoms with Gasteiger partial charge in [-0.05, 0) is 37.5 Å². The minimum atomic E-state index is -1.07. The second-order valence-electron chi connectivity index (χ2n) is 5.67. The van der Waals surface area contributed by atoms with Gasteiger partial charge in [0.15, 0.2) is 23.2 Å². The van der Waals surface area contributed by atoms with Crippen LogP contribution in [0.3, 0.4) is 0 Å². The van der Waals surface area contributed by atoms with Crippen LogP contribution in [-0.2, 0) is 11.2 Å². The van der Waals surface area contributed by atoms with Crippen LogP contribution in [0, 0.1) is 18.6 Å². The summed E-state index contributed by atoms with van der Waals surface area (Å²) in [5, 5.41) is 2.52. The minimum absolute atomic E-state index is 0.0332. The van der Waals surface area contributed by atoms with Gasteiger partial charge in [0, 0.05) is 16.6 Å². The number of oxazole rings is 1. The molecule has 0 aliphatic rings. The number of anilines is 1. The summed E-state index contributed by atoms with van der Waals surface area (Å²) in [6.45, 7) is 3.54. The van der Waals surface area contributed by atoms with Crippen molar-refractivity contribution in [2.45, 2.75) is 20.3 Å². The molecule has 1 amide bonds. The first-order valence-electron chi connectivity index (χ1n) is 8.22. The minimum Gasteiger partial charge on any atom is -0.461 e. The van der Waals surface area contributed by atoms with E-state index < -0.39 is 23.5 Å². The molecule has 7 nitrogen and oxygen atoms in total. The number of hydrogen-bond donors (Lipinski definition) is 1. The Morgan fingerprint density at radius 1 is 1.29 bits per heavy atom. The smallest absolute Gasteiger partial charge is 0.360 e. The van der Waals surface area contributed by atoms with Gasteiger partial charge in [-0.1, -0.05) is 0 Å². The number of carbonyl (C=O) groups is 2. The Morgan fingerprint density at radius 3 is 2.79 bits per heavy atom. The van der Waals surface area contributed by atoms with Crippen molar-refractivity contribution < 1.29 is 27.5 Å². The van der Waals surface area contributed by atoms with E-state index in [4.69, 9.17) is 9.15 Å². The summed E-state index contributed by atoms with van der Waals surface area (Å²) in [4.78, 5) is 28.9. The summed E-state index contributed by atoms with van der Waals surface area (Å²) in [6, 6.07) is 3.07. The van der Waals surface area contributed by atoms with Crippen LogP contribution in [-0.4, -0.2) is 27.8 Å². The molecule has 10 heteroatoms. The van der Waals surface area contributed by atoms with E-state index in [1.165, 1.54) is 12.3 Å². The van der Waals surface area contributed by atoms with Gasteiger partial charge >= 0.3 is 5.97 Å². The Morgan fingerprint density at radius 2 is 2.07 bits per heavy atom. The van der Waals surface area contributed by atoms with Crippen molar-refractivity contribution in [3.63, 3.8) is 0 Å². The van der Waals surface area contributed by atoms with E-state index in [-0.39, 0.29) is 35.9 Å². The maximum atomic E-state index is 13.3. The van der Waals surface area contributed by atoms with Gasteiger partial charge in [-0.25, -0.2) is 18.6 Å². The number of carbonyl (C=O) groups excluding carboxylic acids is 2. The molecule has 0 aliphatic heterocycles. The van der Waals surface area contributed by atoms with Gasteiger partial charge < -0.3 is 14.5 Å². The van der Waals surface area contributed by atoms with Crippen molar-refractivity contribution in [3.8, 4) is 0 Å². The Balaban J connectivity index is 1.79. The molecule has 0 aliphatic carbocycles. The zero-order valence-corrected chi connectivity index (χ0v) is 15.7. The van der Waals surface area contributed by atoms with Crippen LogP contribution in [0.5, 0.6) is 0 Å². The van der Waals surface area contributed by atoms with Crippen molar-refractivity contribution in [2.24, 2.45) is 0 Å². The number of rotatable bonds is 6. The van der Waals surface area contributed by atoms with Crippen molar-refractivity contribution in [1.29, 1.82) is 0 Å². The predicted molar refractivity (Wildman–Crippen MR) is 96.4 cm³/mol. The van der Waals surface area contributed by atoms with Gasteiger partial charge in [0.1, 0.15) is 6.26 Å². The van der Waals surface area contributed by atoms with E-state index >= 15 is 0 Å². The number of amides is 1. The van der Waals surface area contributed by atoms with Crippen LogP contribution < -0.4 is 5.32 Å². The Labute approximate surface area is 162 Å². The quantitative estimate of drug-likeness (QED) is 0.626. The number of nitrogens with zero attached hydrogens (tertiary/aromatic N) is 2. The van der Waals surface area contributed by atoms with E-state index in [0.29, 0.717) is 10.6 Å². The normalized spacial score (nSPS) is 10.7. The summed E-state index contributed by atoms with van der Waals surface area (Å²) >= 11 is 1.08. The Kier molecular flexibility index (Phi) is 5.78. The molecule has 1 aromatic carbocycles. The van der Waals surface area contributed by atoms with Gasteiger partial charge in [0.25, 0.3) is 5.91 Å². The van der Waals surface area contributed by atoms with Crippen molar-refractivity contribution in [3.05, 3.63) is 63.8 Å². The van der Waals surface area contributed by atoms with Crippen molar-refractivity contribution in [2.75, 3.05) is 11.9 Å². The second-order valence-corrected chi connectivity index (χ2v) is 6.53. The molecule has 0 saturated carbocycles. The lowest BCUT2D eigenvalue weighted by atomic mass is 10.1. The summed E-state index contributed by atoms with van der Waals surface area (Å²) in [5.74, 6) is -2.98. The van der Waals surface area contributed by atoms with Gasteiger partial charge in [0.2, 0.25) is 0 Å². The molecular formula is C18H15F2N3O4S. The molecule has 3 aromatic rings. The van der Waals surface area contributed by atoms with Crippen LogP contribution in [0.25, 0.3) is 0 Å². The zero-order chi connectivity index (χ0) is 20.3. The van der Waals surface area contributed by atoms with E-state index in [1.807, 2.05) is 0 Å². The van der Waals surface area contributed by atoms with Crippen molar-refractivity contribution >= 4 is 29.1 Å². The molecule has 28 heavy (non-hydrogen) atoms. The number of ether oxygens (including phenoxy) is 1. The highest BCUT2D eigenvalue weighted by Gasteiger charge is 2.22. The first-order valence-corrected chi connectivity index (χ1v) is 8.99. The van der Waals surface area contributed by atoms with E-state index in [1.54, 1.807) is 13.8 Å². The maximum absolute atomic E-state index is 13.3. The Hall–Kier alpha value is -3.14. The topological polar surface area (TPSA) is 94.3 Å². The molecule has 1 N–H and O–H groups in total. The molecule has 0 radical (unpaired) electrons. The van der Waals surface area contributed by atoms with Crippen LogP contribution in [0.4, 0.5) is 14.5 Å². The van der Waals surface area contributed by atoms with E-state index in [2.05, 4.69) is 14.7 Å². The predicted octanol–water partition coefficient (Wildman–Crippen LogP) is 3.74. The second kappa shape index (κ2) is 8.26. The third kappa shape index (κ3) is 4.22. The highest BCUT2D eigenvalue weighted by molar-refractivity contribution is 7.06. The molecule has 0 saturated heterocycles. The molecule has 2 aromatic heterocycles. The lowest BCUT2D eigenvalue weighted by Crippen LogP contribution is -2.14. The molecule has 3 rings (SSSR count). The standard InChI is InChI=1S/C18H15F2N3O4S/c1-3-26-18(25)13-8-27-15(22-13)7-14-16(9(2)23-28-14)17(24)21-10-4-5-11(19)12(20)6-10/h4-6,8H,3,7H2,1-2H3,(H,21,24). The number of benzene rings is 1. The number of halogens is 2. The van der Waals surface area contributed by atoms with Crippen LogP contribution in [0.1, 0.15) is 44.2 Å². The largest absolute Gasteiger partial charge is 0.461 e. The fourth-order valence-corrected chi connectivity index (χ4v) is 3.28. The third-order valence-corrected chi connectivity index (χ3v) is 4.62. The number of aromatic nitrogens is 2. The SMILES string of the molecule is CCOC(=O)c1coc(Cc2snc(C)c2C(=O)Nc2ccc(F)c(F)c2)n1. The molecule has 0 spiro atoms. The number of aryl methyl sites for hydroxylation is 1. The molecule has 0 fully saturated rings. The molecule has 0 unspecified atom stereocenters. The van der Waals surface area contributed by atoms with E-state index in [0.717, 1.165) is 23.7 Å². The van der Waals surface area contributed by atoms with Crippen LogP contribution in [0.2, 0.25) is 0 Å². The van der Waals surface area contributed by atoms with Crippen LogP contribution in [0.15, 0.2) is 28.9 Å². The highest BCUT2D eigenvalue weighted by Crippen LogP contribution is 2.24. The summed E-state index contributed by atoms with van der Waals surface area (Å²) in [5.41, 5.74) is 0.898. The highest BCUT2D eigenvalue weighted by atomic mass is 32.1. The first-order chi connectivity index (χ1) is 13.4. The number of nitrogens with one attached hydrogen (secondary N) is 1. The molecule has 146 valence electrons. The van der Waals surface area contributed by atoms with Gasteiger partial charge in [-0.3, -0.25) is 4.79 Å². The average Bonchev–Trinajstić information content (AvgIpc) is 3.26. The summed E-state index contributed by atoms with van der Waals surface area (Å²) in [6.07, 6.45) is 1.31. The maximum Gasteiger partial charge on any atom is 0.360 e. The van der Waals surface area contributed by atoms with Gasteiger partial charge in [-0.15, -0.1) is 0 Å². The van der Waals surface area contributed by atoms with Crippen LogP contribution >= 0.6 is 11.5 Å². The Bertz CT molecular complexity index is 1030. The molecular weight excluding hydrogens is 392 g/mol. The lowest BCUT2D eigenvalue weighted by Gasteiger charge is -2.06. The molecule has 0 bridgehead atoms. The van der Waals surface area contributed by atoms with Crippen molar-refractivity contribution in [1.82, 2.24) is 9.36 Å². The molecule has 0 atom stereocenters. The fourth-order valence-electron chi connectivity index (χ4n) is 2.42. The first kappa shape index (κ1) is 19.6. The molecule has 2 heterocycles. The average molecular weight is 407 g/mol.